The lowest BCUT2D eigenvalue weighted by molar-refractivity contribution is -0.131. The van der Waals surface area contributed by atoms with Crippen molar-refractivity contribution in [3.63, 3.8) is 0 Å². The molecule has 2 amide bonds. The number of morpholine rings is 1. The van der Waals surface area contributed by atoms with E-state index in [4.69, 9.17) is 9.72 Å². The molecular weight excluding hydrogens is 597 g/mol. The zero-order chi connectivity index (χ0) is 32.3. The van der Waals surface area contributed by atoms with Gasteiger partial charge in [-0.1, -0.05) is 30.3 Å². The Morgan fingerprint density at radius 1 is 1.06 bits per heavy atom. The third-order valence-corrected chi connectivity index (χ3v) is 10.1. The van der Waals surface area contributed by atoms with Crippen LogP contribution >= 0.6 is 0 Å². The van der Waals surface area contributed by atoms with E-state index in [1.807, 2.05) is 73.4 Å². The van der Waals surface area contributed by atoms with Crippen molar-refractivity contribution in [3.8, 4) is 22.5 Å². The molecule has 4 aromatic rings. The van der Waals surface area contributed by atoms with Crippen LogP contribution in [0.2, 0.25) is 0 Å². The number of fused-ring (bicyclic) bond motifs is 2. The molecule has 2 saturated carbocycles. The molecule has 2 bridgehead atoms. The van der Waals surface area contributed by atoms with Gasteiger partial charge < -0.3 is 20.3 Å². The largest absolute Gasteiger partial charge is 0.374 e. The molecular formula is C36H38FN7O3. The average molecular weight is 636 g/mol. The molecule has 2 aliphatic carbocycles. The number of hydrogen-bond donors (Lipinski definition) is 2. The molecule has 2 aromatic carbocycles. The van der Waals surface area contributed by atoms with Crippen LogP contribution in [0.3, 0.4) is 0 Å². The monoisotopic (exact) mass is 635 g/mol. The summed E-state index contributed by atoms with van der Waals surface area (Å²) in [5.74, 6) is -0.440. The van der Waals surface area contributed by atoms with Crippen molar-refractivity contribution in [2.24, 2.45) is 13.0 Å². The maximum absolute atomic E-state index is 15.0. The maximum atomic E-state index is 15.0. The maximum Gasteiger partial charge on any atom is 0.258 e. The molecule has 2 aromatic heterocycles. The van der Waals surface area contributed by atoms with Gasteiger partial charge >= 0.3 is 0 Å². The number of hydrogen-bond acceptors (Lipinski definition) is 7. The Hall–Kier alpha value is -4.64. The number of aromatic nitrogens is 4. The van der Waals surface area contributed by atoms with E-state index in [-0.39, 0.29) is 36.7 Å². The van der Waals surface area contributed by atoms with E-state index in [2.05, 4.69) is 25.6 Å². The molecule has 4 aliphatic rings. The van der Waals surface area contributed by atoms with Gasteiger partial charge in [-0.3, -0.25) is 19.3 Å². The quantitative estimate of drug-likeness (QED) is 0.254. The second kappa shape index (κ2) is 11.6. The van der Waals surface area contributed by atoms with Gasteiger partial charge in [0.05, 0.1) is 48.7 Å². The van der Waals surface area contributed by atoms with Crippen LogP contribution in [0.4, 0.5) is 15.9 Å². The van der Waals surface area contributed by atoms with Crippen LogP contribution in [-0.2, 0) is 21.4 Å². The van der Waals surface area contributed by atoms with Crippen LogP contribution in [0.15, 0.2) is 67.1 Å². The number of anilines is 2. The van der Waals surface area contributed by atoms with Crippen LogP contribution in [-0.4, -0.2) is 68.6 Å². The lowest BCUT2D eigenvalue weighted by Gasteiger charge is -2.29. The van der Waals surface area contributed by atoms with Crippen LogP contribution in [0, 0.1) is 12.8 Å². The molecule has 2 N–H and O–H groups in total. The zero-order valence-electron chi connectivity index (χ0n) is 26.5. The minimum absolute atomic E-state index is 0.170. The van der Waals surface area contributed by atoms with Crippen molar-refractivity contribution in [1.82, 2.24) is 25.1 Å². The molecule has 0 radical (unpaired) electrons. The summed E-state index contributed by atoms with van der Waals surface area (Å²) in [6.45, 7) is 3.52. The number of ether oxygens (including phenoxy) is 1. The zero-order valence-corrected chi connectivity index (χ0v) is 26.5. The third-order valence-electron chi connectivity index (χ3n) is 10.1. The lowest BCUT2D eigenvalue weighted by Crippen LogP contribution is -2.51. The lowest BCUT2D eigenvalue weighted by atomic mass is 9.85. The van der Waals surface area contributed by atoms with Crippen LogP contribution < -0.4 is 15.5 Å². The fraction of sp³-hybridized carbons (Fsp3) is 0.417. The summed E-state index contributed by atoms with van der Waals surface area (Å²) in [5, 5.41) is 10.2. The summed E-state index contributed by atoms with van der Waals surface area (Å²) in [6, 6.07) is 14.9. The van der Waals surface area contributed by atoms with E-state index in [1.165, 1.54) is 0 Å². The summed E-state index contributed by atoms with van der Waals surface area (Å²) in [7, 11) is 1.89. The summed E-state index contributed by atoms with van der Waals surface area (Å²) in [6.07, 6.45) is 8.80. The first kappa shape index (κ1) is 29.7. The second-order valence-corrected chi connectivity index (χ2v) is 13.5. The van der Waals surface area contributed by atoms with E-state index in [0.717, 1.165) is 65.3 Å². The Kier molecular flexibility index (Phi) is 7.31. The Morgan fingerprint density at radius 3 is 2.53 bits per heavy atom. The summed E-state index contributed by atoms with van der Waals surface area (Å²) < 4.78 is 22.6. The summed E-state index contributed by atoms with van der Waals surface area (Å²) in [4.78, 5) is 38.9. The van der Waals surface area contributed by atoms with Gasteiger partial charge in [0.25, 0.3) is 5.91 Å². The van der Waals surface area contributed by atoms with Crippen LogP contribution in [0.5, 0.6) is 0 Å². The highest BCUT2D eigenvalue weighted by Gasteiger charge is 2.53. The number of amides is 2. The molecule has 4 atom stereocenters. The van der Waals surface area contributed by atoms with E-state index in [0.29, 0.717) is 18.3 Å². The smallest absolute Gasteiger partial charge is 0.258 e. The van der Waals surface area contributed by atoms with Gasteiger partial charge in [-0.25, -0.2) is 9.37 Å². The fourth-order valence-corrected chi connectivity index (χ4v) is 7.23. The van der Waals surface area contributed by atoms with Crippen molar-refractivity contribution in [1.29, 1.82) is 0 Å². The number of rotatable bonds is 10. The highest BCUT2D eigenvalue weighted by molar-refractivity contribution is 6.00. The first-order chi connectivity index (χ1) is 22.8. The van der Waals surface area contributed by atoms with Gasteiger partial charge in [-0.15, -0.1) is 0 Å². The molecule has 8 rings (SSSR count). The van der Waals surface area contributed by atoms with Crippen LogP contribution in [0.1, 0.15) is 49.1 Å². The Bertz CT molecular complexity index is 1810. The molecule has 0 unspecified atom stereocenters. The van der Waals surface area contributed by atoms with Gasteiger partial charge in [0.2, 0.25) is 5.91 Å². The standard InChI is InChI=1S/C36H38FN7O3/c1-21-16-39-43(2)33(21)23-8-10-26(11-9-23)40-34(45)32(42-35(46)36(37)12-13-36)31(22-6-7-22)25-5-3-4-24(14-25)29-17-38-18-30(41-29)44-19-28-15-27(44)20-47-28/h3-5,8-11,14,16-18,22,27-28,31-32H,6-7,12-13,15,19-20H2,1-2H3,(H,40,45)(H,42,46)/t27-,28-,31+,32-/m0/s1. The van der Waals surface area contributed by atoms with Gasteiger partial charge in [-0.05, 0) is 74.3 Å². The summed E-state index contributed by atoms with van der Waals surface area (Å²) in [5.41, 5.74) is 4.22. The number of benzene rings is 2. The topological polar surface area (TPSA) is 114 Å². The molecule has 2 aliphatic heterocycles. The molecule has 0 spiro atoms. The molecule has 242 valence electrons. The number of alkyl halides is 1. The SMILES string of the molecule is Cc1cnn(C)c1-c1ccc(NC(=O)[C@@H](NC(=O)C2(F)CC2)[C@@H](c2cccc(-c3cncc(N4C[C@@H]5C[C@H]4CO5)n3)c2)C2CC2)cc1. The molecule has 4 fully saturated rings. The van der Waals surface area contributed by atoms with Gasteiger partial charge in [0.15, 0.2) is 5.67 Å². The highest BCUT2D eigenvalue weighted by Crippen LogP contribution is 2.46. The number of nitrogens with zero attached hydrogens (tertiary/aromatic N) is 5. The van der Waals surface area contributed by atoms with E-state index >= 15 is 4.39 Å². The van der Waals surface area contributed by atoms with Crippen molar-refractivity contribution < 1.29 is 18.7 Å². The van der Waals surface area contributed by atoms with E-state index < -0.39 is 17.6 Å². The van der Waals surface area contributed by atoms with E-state index in [1.54, 1.807) is 12.4 Å². The molecule has 47 heavy (non-hydrogen) atoms. The van der Waals surface area contributed by atoms with E-state index in [9.17, 15) is 9.59 Å². The minimum atomic E-state index is -1.91. The van der Waals surface area contributed by atoms with Crippen molar-refractivity contribution >= 4 is 23.3 Å². The summed E-state index contributed by atoms with van der Waals surface area (Å²) >= 11 is 0. The molecule has 2 saturated heterocycles. The normalized spacial score (nSPS) is 22.1. The van der Waals surface area contributed by atoms with Crippen LogP contribution in [0.25, 0.3) is 22.5 Å². The third kappa shape index (κ3) is 5.77. The molecule has 10 nitrogen and oxygen atoms in total. The van der Waals surface area contributed by atoms with Crippen molar-refractivity contribution in [3.05, 3.63) is 78.2 Å². The van der Waals surface area contributed by atoms with Gasteiger partial charge in [0.1, 0.15) is 11.9 Å². The number of carbonyl (C=O) groups excluding carboxylic acids is 2. The predicted octanol–water partition coefficient (Wildman–Crippen LogP) is 4.95. The molecule has 4 heterocycles. The Morgan fingerprint density at radius 2 is 1.87 bits per heavy atom. The Labute approximate surface area is 272 Å². The highest BCUT2D eigenvalue weighted by atomic mass is 19.1. The average Bonchev–Trinajstić information content (AvgIpc) is 3.94. The molecule has 11 heteroatoms. The second-order valence-electron chi connectivity index (χ2n) is 13.5. The Balaban J connectivity index is 1.08. The van der Waals surface area contributed by atoms with Gasteiger partial charge in [-0.2, -0.15) is 5.10 Å². The first-order valence-corrected chi connectivity index (χ1v) is 16.5. The predicted molar refractivity (Wildman–Crippen MR) is 175 cm³/mol. The van der Waals surface area contributed by atoms with Crippen molar-refractivity contribution in [2.45, 2.75) is 68.8 Å². The minimum Gasteiger partial charge on any atom is -0.374 e. The number of nitrogens with one attached hydrogen (secondary N) is 2. The number of aryl methyl sites for hydroxylation is 2. The number of carbonyl (C=O) groups is 2. The fourth-order valence-electron chi connectivity index (χ4n) is 7.23. The first-order valence-electron chi connectivity index (χ1n) is 16.5. The number of halogens is 1. The van der Waals surface area contributed by atoms with Gasteiger partial charge in [0, 0.05) is 36.3 Å². The van der Waals surface area contributed by atoms with Crippen molar-refractivity contribution in [2.75, 3.05) is 23.4 Å².